The van der Waals surface area contributed by atoms with Crippen LogP contribution >= 0.6 is 0 Å². The second-order valence-electron chi connectivity index (χ2n) is 4.54. The lowest BCUT2D eigenvalue weighted by Gasteiger charge is -2.25. The zero-order chi connectivity index (χ0) is 12.3. The Balaban J connectivity index is 3.26. The average molecular weight is 220 g/mol. The van der Waals surface area contributed by atoms with E-state index in [1.807, 2.05) is 39.3 Å². The molecule has 0 aromatic heterocycles. The number of rotatable bonds is 3. The molecule has 1 rings (SSSR count). The second-order valence-corrected chi connectivity index (χ2v) is 4.54. The number of hydrogen-bond acceptors (Lipinski definition) is 2. The first-order valence-corrected chi connectivity index (χ1v) is 5.11. The summed E-state index contributed by atoms with van der Waals surface area (Å²) in [6.07, 6.45) is 1.73. The fourth-order valence-electron chi connectivity index (χ4n) is 1.45. The Morgan fingerprint density at radius 2 is 2.00 bits per heavy atom. The Hall–Kier alpha value is -1.61. The van der Waals surface area contributed by atoms with Crippen molar-refractivity contribution in [3.63, 3.8) is 0 Å². The van der Waals surface area contributed by atoms with Gasteiger partial charge < -0.3 is 4.74 Å². The summed E-state index contributed by atoms with van der Waals surface area (Å²) in [6, 6.07) is 5.74. The van der Waals surface area contributed by atoms with Crippen LogP contribution in [-0.4, -0.2) is 27.1 Å². The lowest BCUT2D eigenvalue weighted by molar-refractivity contribution is -0.131. The molecule has 1 aromatic rings. The van der Waals surface area contributed by atoms with Crippen molar-refractivity contribution < 1.29 is 9.53 Å². The van der Waals surface area contributed by atoms with Gasteiger partial charge in [-0.25, -0.2) is 0 Å². The third kappa shape index (κ3) is 2.94. The van der Waals surface area contributed by atoms with E-state index < -0.39 is 0 Å². The smallest absolute Gasteiger partial charge is 0.308 e. The van der Waals surface area contributed by atoms with E-state index in [2.05, 4.69) is 6.58 Å². The van der Waals surface area contributed by atoms with Crippen LogP contribution in [0.25, 0.3) is 6.08 Å². The van der Waals surface area contributed by atoms with Gasteiger partial charge in [0.25, 0.3) is 0 Å². The number of quaternary nitrogens is 1. The van der Waals surface area contributed by atoms with Gasteiger partial charge in [-0.2, -0.15) is 0 Å². The molecule has 0 fully saturated rings. The van der Waals surface area contributed by atoms with E-state index in [0.717, 1.165) is 11.3 Å². The number of benzene rings is 1. The van der Waals surface area contributed by atoms with Gasteiger partial charge in [-0.05, 0) is 17.7 Å². The van der Waals surface area contributed by atoms with Crippen molar-refractivity contribution in [3.05, 3.63) is 30.3 Å². The fourth-order valence-corrected chi connectivity index (χ4v) is 1.45. The first-order chi connectivity index (χ1) is 7.34. The lowest BCUT2D eigenvalue weighted by atomic mass is 10.1. The molecular formula is C13H18NO2+. The van der Waals surface area contributed by atoms with Crippen molar-refractivity contribution in [1.82, 2.24) is 4.48 Å². The van der Waals surface area contributed by atoms with Crippen LogP contribution in [0.3, 0.4) is 0 Å². The SMILES string of the molecule is C=Cc1ccc([N+](C)(C)C)c(OC(C)=O)c1. The van der Waals surface area contributed by atoms with Gasteiger partial charge in [0.15, 0.2) is 11.4 Å². The zero-order valence-electron chi connectivity index (χ0n) is 10.3. The van der Waals surface area contributed by atoms with Crippen LogP contribution < -0.4 is 9.22 Å². The van der Waals surface area contributed by atoms with Gasteiger partial charge in [0.2, 0.25) is 0 Å². The largest absolute Gasteiger partial charge is 0.420 e. The molecule has 0 saturated heterocycles. The maximum absolute atomic E-state index is 11.0. The topological polar surface area (TPSA) is 26.3 Å². The van der Waals surface area contributed by atoms with Crippen molar-refractivity contribution in [2.45, 2.75) is 6.92 Å². The number of ether oxygens (including phenoxy) is 1. The van der Waals surface area contributed by atoms with Crippen molar-refractivity contribution >= 4 is 17.7 Å². The van der Waals surface area contributed by atoms with Gasteiger partial charge in [-0.1, -0.05) is 12.7 Å². The summed E-state index contributed by atoms with van der Waals surface area (Å²) in [5, 5.41) is 0. The Morgan fingerprint density at radius 3 is 2.44 bits per heavy atom. The molecule has 0 heterocycles. The molecule has 0 amide bonds. The van der Waals surface area contributed by atoms with Crippen LogP contribution in [-0.2, 0) is 4.79 Å². The molecular weight excluding hydrogens is 202 g/mol. The summed E-state index contributed by atoms with van der Waals surface area (Å²) < 4.78 is 5.81. The molecule has 0 atom stereocenters. The van der Waals surface area contributed by atoms with Crippen LogP contribution in [0.15, 0.2) is 24.8 Å². The normalized spacial score (nSPS) is 11.0. The number of hydrogen-bond donors (Lipinski definition) is 0. The van der Waals surface area contributed by atoms with Crippen molar-refractivity contribution in [2.75, 3.05) is 21.1 Å². The number of esters is 1. The summed E-state index contributed by atoms with van der Waals surface area (Å²) in [5.41, 5.74) is 1.90. The van der Waals surface area contributed by atoms with Crippen LogP contribution in [0.4, 0.5) is 5.69 Å². The van der Waals surface area contributed by atoms with E-state index >= 15 is 0 Å². The minimum Gasteiger partial charge on any atom is -0.420 e. The Labute approximate surface area is 96.5 Å². The van der Waals surface area contributed by atoms with Crippen LogP contribution in [0.5, 0.6) is 5.75 Å². The molecule has 0 saturated carbocycles. The quantitative estimate of drug-likeness (QED) is 0.444. The van der Waals surface area contributed by atoms with Crippen molar-refractivity contribution in [3.8, 4) is 5.75 Å². The van der Waals surface area contributed by atoms with Gasteiger partial charge in [0.05, 0.1) is 21.1 Å². The van der Waals surface area contributed by atoms with E-state index in [0.29, 0.717) is 10.2 Å². The predicted octanol–water partition coefficient (Wildman–Crippen LogP) is 2.45. The average Bonchev–Trinajstić information content (AvgIpc) is 2.14. The molecule has 0 bridgehead atoms. The van der Waals surface area contributed by atoms with Gasteiger partial charge >= 0.3 is 5.97 Å². The Kier molecular flexibility index (Phi) is 3.50. The van der Waals surface area contributed by atoms with E-state index in [4.69, 9.17) is 4.74 Å². The van der Waals surface area contributed by atoms with Crippen LogP contribution in [0.2, 0.25) is 0 Å². The van der Waals surface area contributed by atoms with E-state index in [1.165, 1.54) is 6.92 Å². The minimum atomic E-state index is -0.309. The number of carbonyl (C=O) groups excluding carboxylic acids is 1. The fraction of sp³-hybridized carbons (Fsp3) is 0.308. The van der Waals surface area contributed by atoms with Gasteiger partial charge in [0, 0.05) is 13.0 Å². The van der Waals surface area contributed by atoms with Crippen molar-refractivity contribution in [1.29, 1.82) is 0 Å². The zero-order valence-corrected chi connectivity index (χ0v) is 10.3. The highest BCUT2D eigenvalue weighted by molar-refractivity contribution is 5.73. The molecule has 0 aliphatic carbocycles. The van der Waals surface area contributed by atoms with Gasteiger partial charge in [-0.3, -0.25) is 9.28 Å². The summed E-state index contributed by atoms with van der Waals surface area (Å²) in [5.74, 6) is 0.285. The molecule has 16 heavy (non-hydrogen) atoms. The van der Waals surface area contributed by atoms with E-state index in [-0.39, 0.29) is 5.97 Å². The highest BCUT2D eigenvalue weighted by atomic mass is 16.5. The second kappa shape index (κ2) is 4.49. The van der Waals surface area contributed by atoms with E-state index in [1.54, 1.807) is 6.08 Å². The van der Waals surface area contributed by atoms with Gasteiger partial charge in [-0.15, -0.1) is 0 Å². The summed E-state index contributed by atoms with van der Waals surface area (Å²) in [4.78, 5) is 11.0. The van der Waals surface area contributed by atoms with Gasteiger partial charge in [0.1, 0.15) is 0 Å². The molecule has 0 N–H and O–H groups in total. The lowest BCUT2D eigenvalue weighted by Crippen LogP contribution is -2.35. The summed E-state index contributed by atoms with van der Waals surface area (Å²) in [6.45, 7) is 5.10. The standard InChI is InChI=1S/C13H18NO2/c1-6-11-7-8-12(14(3,4)5)13(9-11)16-10(2)15/h6-9H,1H2,2-5H3/q+1. The molecule has 3 nitrogen and oxygen atoms in total. The molecule has 0 aliphatic heterocycles. The Morgan fingerprint density at radius 1 is 1.38 bits per heavy atom. The molecule has 1 aromatic carbocycles. The van der Waals surface area contributed by atoms with E-state index in [9.17, 15) is 4.79 Å². The minimum absolute atomic E-state index is 0.309. The highest BCUT2D eigenvalue weighted by Gasteiger charge is 2.19. The number of nitrogens with zero attached hydrogens (tertiary/aromatic N) is 1. The monoisotopic (exact) mass is 220 g/mol. The third-order valence-corrected chi connectivity index (χ3v) is 2.20. The predicted molar refractivity (Wildman–Crippen MR) is 67.4 cm³/mol. The third-order valence-electron chi connectivity index (χ3n) is 2.20. The molecule has 0 spiro atoms. The first kappa shape index (κ1) is 12.5. The highest BCUT2D eigenvalue weighted by Crippen LogP contribution is 2.31. The molecule has 3 heteroatoms. The Bertz CT molecular complexity index is 416. The molecule has 0 radical (unpaired) electrons. The summed E-state index contributed by atoms with van der Waals surface area (Å²) in [7, 11) is 6.07. The van der Waals surface area contributed by atoms with Crippen LogP contribution in [0, 0.1) is 0 Å². The maximum Gasteiger partial charge on any atom is 0.308 e. The molecule has 0 aliphatic rings. The molecule has 86 valence electrons. The van der Waals surface area contributed by atoms with Crippen LogP contribution in [0.1, 0.15) is 12.5 Å². The maximum atomic E-state index is 11.0. The van der Waals surface area contributed by atoms with Crippen molar-refractivity contribution in [2.24, 2.45) is 0 Å². The number of carbonyl (C=O) groups is 1. The summed E-state index contributed by atoms with van der Waals surface area (Å²) >= 11 is 0. The molecule has 0 unspecified atom stereocenters. The first-order valence-electron chi connectivity index (χ1n) is 5.11.